The SMILES string of the molecule is Cc1cc(=O)c(N)c(C(F)F)[nH]1. The second kappa shape index (κ2) is 2.92. The maximum absolute atomic E-state index is 12.1. The Morgan fingerprint density at radius 3 is 2.67 bits per heavy atom. The van der Waals surface area contributed by atoms with Crippen molar-refractivity contribution in [2.75, 3.05) is 5.73 Å². The number of pyridine rings is 1. The lowest BCUT2D eigenvalue weighted by atomic mass is 10.2. The molecule has 0 aliphatic rings. The fraction of sp³-hybridized carbons (Fsp3) is 0.286. The van der Waals surface area contributed by atoms with Crippen LogP contribution in [0.25, 0.3) is 0 Å². The van der Waals surface area contributed by atoms with Gasteiger partial charge in [0.2, 0.25) is 5.43 Å². The summed E-state index contributed by atoms with van der Waals surface area (Å²) < 4.78 is 24.3. The van der Waals surface area contributed by atoms with Crippen LogP contribution in [-0.2, 0) is 0 Å². The number of nitrogens with one attached hydrogen (secondary N) is 1. The standard InChI is InChI=1S/C7H8F2N2O/c1-3-2-4(12)5(10)6(11-3)7(8)9/h2,7H,10H2,1H3,(H,11,12). The zero-order chi connectivity index (χ0) is 9.30. The Kier molecular flexibility index (Phi) is 2.12. The smallest absolute Gasteiger partial charge is 0.280 e. The van der Waals surface area contributed by atoms with E-state index < -0.39 is 23.2 Å². The number of rotatable bonds is 1. The molecular weight excluding hydrogens is 166 g/mol. The van der Waals surface area contributed by atoms with Gasteiger partial charge < -0.3 is 10.7 Å². The Morgan fingerprint density at radius 1 is 1.58 bits per heavy atom. The predicted octanol–water partition coefficient (Wildman–Crippen LogP) is 1.20. The van der Waals surface area contributed by atoms with Crippen molar-refractivity contribution in [1.29, 1.82) is 0 Å². The van der Waals surface area contributed by atoms with Gasteiger partial charge in [0.1, 0.15) is 11.4 Å². The van der Waals surface area contributed by atoms with Crippen molar-refractivity contribution in [2.24, 2.45) is 0 Å². The molecule has 5 heteroatoms. The molecule has 0 aliphatic heterocycles. The van der Waals surface area contributed by atoms with Crippen molar-refractivity contribution < 1.29 is 8.78 Å². The summed E-state index contributed by atoms with van der Waals surface area (Å²) in [6.45, 7) is 1.52. The van der Waals surface area contributed by atoms with Crippen LogP contribution in [0.5, 0.6) is 0 Å². The Balaban J connectivity index is 3.38. The Morgan fingerprint density at radius 2 is 2.17 bits per heavy atom. The van der Waals surface area contributed by atoms with Crippen molar-refractivity contribution >= 4 is 5.69 Å². The second-order valence-corrected chi connectivity index (χ2v) is 2.44. The molecule has 0 aliphatic carbocycles. The zero-order valence-electron chi connectivity index (χ0n) is 6.40. The molecule has 1 heterocycles. The normalized spacial score (nSPS) is 10.7. The Bertz CT molecular complexity index is 346. The van der Waals surface area contributed by atoms with Gasteiger partial charge in [0.15, 0.2) is 0 Å². The van der Waals surface area contributed by atoms with Crippen LogP contribution in [-0.4, -0.2) is 4.98 Å². The predicted molar refractivity (Wildman–Crippen MR) is 41.2 cm³/mol. The van der Waals surface area contributed by atoms with E-state index in [-0.39, 0.29) is 0 Å². The van der Waals surface area contributed by atoms with Crippen LogP contribution < -0.4 is 11.2 Å². The van der Waals surface area contributed by atoms with E-state index in [1.165, 1.54) is 13.0 Å². The van der Waals surface area contributed by atoms with Gasteiger partial charge in [-0.2, -0.15) is 0 Å². The molecule has 0 spiro atoms. The molecule has 1 aromatic heterocycles. The largest absolute Gasteiger partial charge is 0.394 e. The second-order valence-electron chi connectivity index (χ2n) is 2.44. The average molecular weight is 174 g/mol. The third-order valence-electron chi connectivity index (χ3n) is 1.45. The van der Waals surface area contributed by atoms with Gasteiger partial charge >= 0.3 is 0 Å². The average Bonchev–Trinajstić information content (AvgIpc) is 1.96. The molecule has 0 aromatic carbocycles. The summed E-state index contributed by atoms with van der Waals surface area (Å²) >= 11 is 0. The van der Waals surface area contributed by atoms with Crippen LogP contribution in [0.15, 0.2) is 10.9 Å². The molecule has 0 amide bonds. The highest BCUT2D eigenvalue weighted by Crippen LogP contribution is 2.19. The maximum Gasteiger partial charge on any atom is 0.280 e. The minimum atomic E-state index is -2.74. The molecule has 0 atom stereocenters. The van der Waals surface area contributed by atoms with Crippen molar-refractivity contribution in [1.82, 2.24) is 4.98 Å². The number of hydrogen-bond donors (Lipinski definition) is 2. The fourth-order valence-corrected chi connectivity index (χ4v) is 0.895. The molecular formula is C7H8F2N2O. The van der Waals surface area contributed by atoms with Gasteiger partial charge in [0.05, 0.1) is 0 Å². The third-order valence-corrected chi connectivity index (χ3v) is 1.45. The van der Waals surface area contributed by atoms with E-state index in [4.69, 9.17) is 5.73 Å². The molecule has 3 N–H and O–H groups in total. The number of halogens is 2. The summed E-state index contributed by atoms with van der Waals surface area (Å²) in [5.74, 6) is 0. The van der Waals surface area contributed by atoms with Crippen LogP contribution >= 0.6 is 0 Å². The number of H-pyrrole nitrogens is 1. The van der Waals surface area contributed by atoms with Gasteiger partial charge in [-0.25, -0.2) is 8.78 Å². The molecule has 3 nitrogen and oxygen atoms in total. The minimum Gasteiger partial charge on any atom is -0.394 e. The molecule has 1 rings (SSSR count). The van der Waals surface area contributed by atoms with E-state index in [0.29, 0.717) is 5.69 Å². The molecule has 0 saturated heterocycles. The lowest BCUT2D eigenvalue weighted by Crippen LogP contribution is -2.13. The first-order valence-corrected chi connectivity index (χ1v) is 3.30. The highest BCUT2D eigenvalue weighted by Gasteiger charge is 2.13. The third kappa shape index (κ3) is 1.44. The molecule has 0 saturated carbocycles. The van der Waals surface area contributed by atoms with Crippen LogP contribution in [0.4, 0.5) is 14.5 Å². The van der Waals surface area contributed by atoms with E-state index in [0.717, 1.165) is 0 Å². The summed E-state index contributed by atoms with van der Waals surface area (Å²) in [4.78, 5) is 13.2. The first-order valence-electron chi connectivity index (χ1n) is 3.30. The highest BCUT2D eigenvalue weighted by molar-refractivity contribution is 5.43. The molecule has 0 radical (unpaired) electrons. The topological polar surface area (TPSA) is 58.9 Å². The number of aryl methyl sites for hydroxylation is 1. The van der Waals surface area contributed by atoms with E-state index in [1.807, 2.05) is 0 Å². The lowest BCUT2D eigenvalue weighted by molar-refractivity contribution is 0.146. The van der Waals surface area contributed by atoms with Crippen molar-refractivity contribution in [2.45, 2.75) is 13.3 Å². The number of hydrogen-bond acceptors (Lipinski definition) is 2. The molecule has 0 unspecified atom stereocenters. The van der Waals surface area contributed by atoms with E-state index in [9.17, 15) is 13.6 Å². The number of anilines is 1. The highest BCUT2D eigenvalue weighted by atomic mass is 19.3. The molecule has 0 bridgehead atoms. The van der Waals surface area contributed by atoms with E-state index in [1.54, 1.807) is 0 Å². The molecule has 12 heavy (non-hydrogen) atoms. The molecule has 66 valence electrons. The van der Waals surface area contributed by atoms with Gasteiger partial charge in [0.25, 0.3) is 6.43 Å². The summed E-state index contributed by atoms with van der Waals surface area (Å²) in [6.07, 6.45) is -2.74. The van der Waals surface area contributed by atoms with Crippen LogP contribution in [0.3, 0.4) is 0 Å². The number of alkyl halides is 2. The Hall–Kier alpha value is -1.39. The molecule has 0 fully saturated rings. The van der Waals surface area contributed by atoms with Gasteiger partial charge in [-0.05, 0) is 6.92 Å². The number of aromatic nitrogens is 1. The first kappa shape index (κ1) is 8.70. The van der Waals surface area contributed by atoms with Gasteiger partial charge in [-0.3, -0.25) is 4.79 Å². The summed E-state index contributed by atoms with van der Waals surface area (Å²) in [5.41, 5.74) is 4.03. The van der Waals surface area contributed by atoms with Gasteiger partial charge in [-0.15, -0.1) is 0 Å². The van der Waals surface area contributed by atoms with Crippen molar-refractivity contribution in [3.05, 3.63) is 27.7 Å². The van der Waals surface area contributed by atoms with E-state index >= 15 is 0 Å². The Labute approximate surface area is 67.2 Å². The van der Waals surface area contributed by atoms with Crippen LogP contribution in [0.2, 0.25) is 0 Å². The van der Waals surface area contributed by atoms with Gasteiger partial charge in [0, 0.05) is 11.8 Å². The van der Waals surface area contributed by atoms with Crippen LogP contribution in [0, 0.1) is 6.92 Å². The quantitative estimate of drug-likeness (QED) is 0.672. The number of nitrogens with two attached hydrogens (primary N) is 1. The van der Waals surface area contributed by atoms with Crippen LogP contribution in [0.1, 0.15) is 17.8 Å². The van der Waals surface area contributed by atoms with Crippen molar-refractivity contribution in [3.8, 4) is 0 Å². The zero-order valence-corrected chi connectivity index (χ0v) is 6.40. The lowest BCUT2D eigenvalue weighted by Gasteiger charge is -2.04. The summed E-state index contributed by atoms with van der Waals surface area (Å²) in [7, 11) is 0. The summed E-state index contributed by atoms with van der Waals surface area (Å²) in [5, 5.41) is 0. The van der Waals surface area contributed by atoms with E-state index in [2.05, 4.69) is 4.98 Å². The maximum atomic E-state index is 12.1. The first-order chi connectivity index (χ1) is 5.52. The monoisotopic (exact) mass is 174 g/mol. The summed E-state index contributed by atoms with van der Waals surface area (Å²) in [6, 6.07) is 1.18. The fourth-order valence-electron chi connectivity index (χ4n) is 0.895. The molecule has 1 aromatic rings. The van der Waals surface area contributed by atoms with Crippen molar-refractivity contribution in [3.63, 3.8) is 0 Å². The minimum absolute atomic E-state index is 0.379. The van der Waals surface area contributed by atoms with Gasteiger partial charge in [-0.1, -0.05) is 0 Å². The number of aromatic amines is 1. The number of nitrogen functional groups attached to an aromatic ring is 1.